The summed E-state index contributed by atoms with van der Waals surface area (Å²) in [5, 5.41) is 23.7. The van der Waals surface area contributed by atoms with Gasteiger partial charge in [0.25, 0.3) is 5.69 Å². The number of Topliss-reactive ketones (excluding diaryl/α,β-unsaturated/α-hetero) is 1. The number of imidazole rings is 1. The van der Waals surface area contributed by atoms with Crippen LogP contribution in [-0.4, -0.2) is 20.3 Å². The third kappa shape index (κ3) is 3.84. The minimum atomic E-state index is -0.573. The van der Waals surface area contributed by atoms with Gasteiger partial charge in [0, 0.05) is 41.2 Å². The van der Waals surface area contributed by atoms with Crippen molar-refractivity contribution in [3.05, 3.63) is 110 Å². The van der Waals surface area contributed by atoms with Crippen LogP contribution in [0, 0.1) is 21.4 Å². The van der Waals surface area contributed by atoms with Crippen molar-refractivity contribution in [3.8, 4) is 6.07 Å². The number of hydrogen-bond donors (Lipinski definition) is 1. The molecule has 0 bridgehead atoms. The van der Waals surface area contributed by atoms with Gasteiger partial charge >= 0.3 is 0 Å². The molecule has 188 valence electrons. The fraction of sp³-hybridized carbons (Fsp3) is 0.179. The van der Waals surface area contributed by atoms with Gasteiger partial charge in [0.1, 0.15) is 5.82 Å². The zero-order valence-corrected chi connectivity index (χ0v) is 21.0. The monoisotopic (exact) mass is 522 g/mol. The Balaban J connectivity index is 1.43. The number of para-hydroxylation sites is 2. The first-order chi connectivity index (χ1) is 18.5. The second kappa shape index (κ2) is 9.28. The SMILES string of the molecule is N#CC1=C(N)N(c2cccc([N+](=O)[O-])c2)C2=C(C(=O)CCC2)C1c1cc(Cn2cnc3ccccc32)cs1. The summed E-state index contributed by atoms with van der Waals surface area (Å²) in [4.78, 5) is 31.3. The van der Waals surface area contributed by atoms with Crippen LogP contribution >= 0.6 is 11.3 Å². The van der Waals surface area contributed by atoms with E-state index in [2.05, 4.69) is 15.6 Å². The minimum absolute atomic E-state index is 0.0255. The molecule has 0 fully saturated rings. The van der Waals surface area contributed by atoms with Crippen LogP contribution in [0.1, 0.15) is 35.6 Å². The number of allylic oxidation sites excluding steroid dienone is 3. The van der Waals surface area contributed by atoms with Gasteiger partial charge in [-0.25, -0.2) is 4.98 Å². The molecule has 1 aliphatic heterocycles. The Morgan fingerprint density at radius 2 is 2.03 bits per heavy atom. The Labute approximate surface area is 221 Å². The fourth-order valence-electron chi connectivity index (χ4n) is 5.37. The zero-order chi connectivity index (χ0) is 26.4. The van der Waals surface area contributed by atoms with Gasteiger partial charge in [0.05, 0.1) is 45.5 Å². The highest BCUT2D eigenvalue weighted by atomic mass is 32.1. The highest BCUT2D eigenvalue weighted by Gasteiger charge is 2.41. The maximum Gasteiger partial charge on any atom is 0.271 e. The lowest BCUT2D eigenvalue weighted by molar-refractivity contribution is -0.384. The van der Waals surface area contributed by atoms with E-state index in [4.69, 9.17) is 5.73 Å². The normalized spacial score (nSPS) is 17.6. The Morgan fingerprint density at radius 3 is 2.84 bits per heavy atom. The molecular formula is C28H22N6O3S. The first-order valence-corrected chi connectivity index (χ1v) is 13.0. The minimum Gasteiger partial charge on any atom is -0.384 e. The highest BCUT2D eigenvalue weighted by Crippen LogP contribution is 2.47. The molecule has 0 amide bonds. The molecule has 2 aromatic heterocycles. The molecule has 38 heavy (non-hydrogen) atoms. The van der Waals surface area contributed by atoms with Crippen molar-refractivity contribution in [1.29, 1.82) is 5.26 Å². The smallest absolute Gasteiger partial charge is 0.271 e. The van der Waals surface area contributed by atoms with E-state index >= 15 is 0 Å². The Kier molecular flexibility index (Phi) is 5.77. The van der Waals surface area contributed by atoms with Crippen LogP contribution in [0.4, 0.5) is 11.4 Å². The van der Waals surface area contributed by atoms with E-state index in [1.54, 1.807) is 17.0 Å². The molecule has 1 aliphatic carbocycles. The zero-order valence-electron chi connectivity index (χ0n) is 20.2. The number of hydrogen-bond acceptors (Lipinski definition) is 8. The van der Waals surface area contributed by atoms with Crippen LogP contribution in [0.25, 0.3) is 11.0 Å². The summed E-state index contributed by atoms with van der Waals surface area (Å²) >= 11 is 1.50. The first-order valence-electron chi connectivity index (χ1n) is 12.1. The van der Waals surface area contributed by atoms with Crippen molar-refractivity contribution in [2.45, 2.75) is 31.7 Å². The molecule has 0 saturated heterocycles. The number of carbonyl (C=O) groups excluding carboxylic acids is 1. The summed E-state index contributed by atoms with van der Waals surface area (Å²) < 4.78 is 2.07. The lowest BCUT2D eigenvalue weighted by Gasteiger charge is -2.39. The average Bonchev–Trinajstić information content (AvgIpc) is 3.56. The number of nitro groups is 1. The van der Waals surface area contributed by atoms with Gasteiger partial charge in [-0.2, -0.15) is 5.26 Å². The molecule has 3 heterocycles. The number of rotatable bonds is 5. The second-order valence-electron chi connectivity index (χ2n) is 9.31. The summed E-state index contributed by atoms with van der Waals surface area (Å²) in [6.45, 7) is 0.602. The quantitative estimate of drug-likeness (QED) is 0.276. The number of fused-ring (bicyclic) bond motifs is 1. The van der Waals surface area contributed by atoms with E-state index in [9.17, 15) is 20.2 Å². The van der Waals surface area contributed by atoms with Crippen molar-refractivity contribution in [2.75, 3.05) is 4.90 Å². The lowest BCUT2D eigenvalue weighted by atomic mass is 9.78. The number of thiophene rings is 1. The second-order valence-corrected chi connectivity index (χ2v) is 10.3. The molecule has 4 aromatic rings. The molecule has 0 saturated carbocycles. The average molecular weight is 523 g/mol. The van der Waals surface area contributed by atoms with Crippen LogP contribution in [0.3, 0.4) is 0 Å². The van der Waals surface area contributed by atoms with Gasteiger partial charge in [-0.3, -0.25) is 19.8 Å². The maximum absolute atomic E-state index is 13.4. The number of nitriles is 1. The van der Waals surface area contributed by atoms with E-state index in [1.165, 1.54) is 23.5 Å². The summed E-state index contributed by atoms with van der Waals surface area (Å²) in [5.74, 6) is -0.402. The van der Waals surface area contributed by atoms with E-state index in [0.29, 0.717) is 42.8 Å². The van der Waals surface area contributed by atoms with Crippen LogP contribution in [0.5, 0.6) is 0 Å². The topological polar surface area (TPSA) is 131 Å². The first kappa shape index (κ1) is 23.6. The number of anilines is 1. The Bertz CT molecular complexity index is 1720. The molecule has 10 heteroatoms. The van der Waals surface area contributed by atoms with Gasteiger partial charge in [0.15, 0.2) is 5.78 Å². The number of benzene rings is 2. The van der Waals surface area contributed by atoms with Crippen LogP contribution < -0.4 is 10.6 Å². The Morgan fingerprint density at radius 1 is 1.18 bits per heavy atom. The van der Waals surface area contributed by atoms with Crippen molar-refractivity contribution >= 4 is 39.5 Å². The molecule has 9 nitrogen and oxygen atoms in total. The molecular weight excluding hydrogens is 500 g/mol. The van der Waals surface area contributed by atoms with Crippen LogP contribution in [0.2, 0.25) is 0 Å². The largest absolute Gasteiger partial charge is 0.384 e. The van der Waals surface area contributed by atoms with Gasteiger partial charge in [-0.1, -0.05) is 18.2 Å². The van der Waals surface area contributed by atoms with Crippen molar-refractivity contribution in [2.24, 2.45) is 5.73 Å². The predicted octanol–water partition coefficient (Wildman–Crippen LogP) is 5.36. The number of nitrogens with zero attached hydrogens (tertiary/aromatic N) is 5. The van der Waals surface area contributed by atoms with Crippen LogP contribution in [-0.2, 0) is 11.3 Å². The number of nitro benzene ring substituents is 1. The summed E-state index contributed by atoms with van der Waals surface area (Å²) in [6.07, 6.45) is 3.42. The van der Waals surface area contributed by atoms with Crippen molar-refractivity contribution in [3.63, 3.8) is 0 Å². The number of carbonyl (C=O) groups is 1. The molecule has 2 N–H and O–H groups in total. The molecule has 0 radical (unpaired) electrons. The molecule has 2 aromatic carbocycles. The molecule has 6 rings (SSSR count). The number of nitrogens with two attached hydrogens (primary N) is 1. The fourth-order valence-corrected chi connectivity index (χ4v) is 6.39. The molecule has 1 unspecified atom stereocenters. The summed E-state index contributed by atoms with van der Waals surface area (Å²) in [6, 6.07) is 18.3. The van der Waals surface area contributed by atoms with Gasteiger partial charge in [0.2, 0.25) is 0 Å². The summed E-state index contributed by atoms with van der Waals surface area (Å²) in [7, 11) is 0. The lowest BCUT2D eigenvalue weighted by Crippen LogP contribution is -2.38. The predicted molar refractivity (Wildman–Crippen MR) is 144 cm³/mol. The standard InChI is InChI=1S/C28H22N6O3S/c29-13-20-26(25-11-17(15-38-25)14-32-16-31-21-7-1-2-8-22(21)32)27-23(9-4-10-24(27)35)33(28(20)30)18-5-3-6-19(12-18)34(36)37/h1-3,5-8,11-12,15-16,26H,4,9-10,14,30H2. The third-order valence-corrected chi connectivity index (χ3v) is 8.10. The number of aromatic nitrogens is 2. The Hall–Kier alpha value is -4.75. The van der Waals surface area contributed by atoms with E-state index < -0.39 is 10.8 Å². The van der Waals surface area contributed by atoms with Gasteiger partial charge < -0.3 is 10.3 Å². The molecule has 2 aliphatic rings. The van der Waals surface area contributed by atoms with Gasteiger partial charge in [-0.15, -0.1) is 11.3 Å². The number of ketones is 1. The van der Waals surface area contributed by atoms with Crippen molar-refractivity contribution in [1.82, 2.24) is 9.55 Å². The van der Waals surface area contributed by atoms with Gasteiger partial charge in [-0.05, 0) is 48.1 Å². The maximum atomic E-state index is 13.4. The number of non-ortho nitro benzene ring substituents is 1. The van der Waals surface area contributed by atoms with Crippen LogP contribution in [0.15, 0.2) is 89.0 Å². The third-order valence-electron chi connectivity index (χ3n) is 7.05. The van der Waals surface area contributed by atoms with Crippen molar-refractivity contribution < 1.29 is 9.72 Å². The van der Waals surface area contributed by atoms with E-state index in [0.717, 1.165) is 21.5 Å². The van der Waals surface area contributed by atoms with E-state index in [1.807, 2.05) is 42.0 Å². The molecule has 0 spiro atoms. The highest BCUT2D eigenvalue weighted by molar-refractivity contribution is 7.10. The summed E-state index contributed by atoms with van der Waals surface area (Å²) in [5.41, 5.74) is 11.5. The molecule has 1 atom stereocenters. The van der Waals surface area contributed by atoms with E-state index in [-0.39, 0.29) is 22.9 Å².